The van der Waals surface area contributed by atoms with Crippen LogP contribution in [-0.4, -0.2) is 4.98 Å². The quantitative estimate of drug-likeness (QED) is 0.852. The molecule has 2 aromatic rings. The van der Waals surface area contributed by atoms with Gasteiger partial charge in [-0.15, -0.1) is 0 Å². The molecule has 0 radical (unpaired) electrons. The van der Waals surface area contributed by atoms with Gasteiger partial charge < -0.3 is 11.1 Å². The van der Waals surface area contributed by atoms with Crippen LogP contribution < -0.4 is 11.1 Å². The summed E-state index contributed by atoms with van der Waals surface area (Å²) in [6, 6.07) is 10.5. The Labute approximate surface area is 104 Å². The van der Waals surface area contributed by atoms with Gasteiger partial charge in [0.15, 0.2) is 0 Å². The Balaban J connectivity index is 2.25. The van der Waals surface area contributed by atoms with E-state index >= 15 is 0 Å². The van der Waals surface area contributed by atoms with Crippen molar-refractivity contribution in [2.45, 2.75) is 0 Å². The minimum absolute atomic E-state index is 0.404. The Morgan fingerprint density at radius 3 is 2.76 bits per heavy atom. The third-order valence-corrected chi connectivity index (χ3v) is 2.46. The molecule has 2 rings (SSSR count). The summed E-state index contributed by atoms with van der Waals surface area (Å²) in [4.78, 5) is 4.11. The normalized spacial score (nSPS) is 9.65. The number of nitrogen functional groups attached to an aromatic ring is 1. The first kappa shape index (κ1) is 11.2. The summed E-state index contributed by atoms with van der Waals surface area (Å²) >= 11 is 5.92. The molecule has 1 heterocycles. The lowest BCUT2D eigenvalue weighted by Crippen LogP contribution is -1.95. The van der Waals surface area contributed by atoms with E-state index in [2.05, 4.69) is 10.3 Å². The van der Waals surface area contributed by atoms with Gasteiger partial charge in [-0.2, -0.15) is 5.26 Å². The van der Waals surface area contributed by atoms with Crippen LogP contribution in [0.25, 0.3) is 0 Å². The zero-order chi connectivity index (χ0) is 12.3. The number of nitriles is 1. The first-order valence-corrected chi connectivity index (χ1v) is 5.25. The topological polar surface area (TPSA) is 74.7 Å². The van der Waals surface area contributed by atoms with Gasteiger partial charge in [-0.1, -0.05) is 11.6 Å². The maximum atomic E-state index is 8.75. The number of nitrogens with one attached hydrogen (secondary N) is 1. The molecule has 84 valence electrons. The van der Waals surface area contributed by atoms with Crippen LogP contribution in [0.15, 0.2) is 36.5 Å². The summed E-state index contributed by atoms with van der Waals surface area (Å²) in [5.41, 5.74) is 7.46. The number of nitrogens with two attached hydrogens (primary N) is 1. The van der Waals surface area contributed by atoms with E-state index in [-0.39, 0.29) is 0 Å². The molecule has 5 heteroatoms. The van der Waals surface area contributed by atoms with Crippen LogP contribution in [0.3, 0.4) is 0 Å². The Morgan fingerprint density at radius 2 is 2.12 bits per heavy atom. The van der Waals surface area contributed by atoms with Crippen molar-refractivity contribution in [1.29, 1.82) is 5.26 Å². The van der Waals surface area contributed by atoms with Gasteiger partial charge in [-0.3, -0.25) is 0 Å². The molecule has 1 aromatic carbocycles. The molecule has 0 amide bonds. The van der Waals surface area contributed by atoms with E-state index in [9.17, 15) is 0 Å². The molecule has 0 unspecified atom stereocenters. The number of pyridine rings is 1. The van der Waals surface area contributed by atoms with Gasteiger partial charge in [0, 0.05) is 23.6 Å². The van der Waals surface area contributed by atoms with Crippen molar-refractivity contribution < 1.29 is 0 Å². The highest BCUT2D eigenvalue weighted by Crippen LogP contribution is 2.22. The van der Waals surface area contributed by atoms with Crippen LogP contribution in [0.4, 0.5) is 17.2 Å². The number of aromatic nitrogens is 1. The molecule has 0 aliphatic rings. The Bertz CT molecular complexity index is 589. The maximum absolute atomic E-state index is 8.75. The molecule has 3 N–H and O–H groups in total. The van der Waals surface area contributed by atoms with E-state index in [1.165, 1.54) is 0 Å². The van der Waals surface area contributed by atoms with E-state index in [4.69, 9.17) is 22.6 Å². The third-order valence-electron chi connectivity index (χ3n) is 2.15. The second kappa shape index (κ2) is 4.73. The fourth-order valence-corrected chi connectivity index (χ4v) is 1.57. The number of hydrogen-bond acceptors (Lipinski definition) is 4. The lowest BCUT2D eigenvalue weighted by molar-refractivity contribution is 1.31. The van der Waals surface area contributed by atoms with Gasteiger partial charge in [0.05, 0.1) is 10.6 Å². The molecule has 0 spiro atoms. The number of nitrogens with zero attached hydrogens (tertiary/aromatic N) is 2. The fraction of sp³-hybridized carbons (Fsp3) is 0. The van der Waals surface area contributed by atoms with Crippen LogP contribution in [0.5, 0.6) is 0 Å². The predicted molar refractivity (Wildman–Crippen MR) is 68.1 cm³/mol. The van der Waals surface area contributed by atoms with Crippen LogP contribution in [0.1, 0.15) is 5.56 Å². The average molecular weight is 245 g/mol. The number of benzene rings is 1. The van der Waals surface area contributed by atoms with Gasteiger partial charge in [0.2, 0.25) is 0 Å². The number of anilines is 3. The minimum atomic E-state index is 0.404. The molecule has 0 fully saturated rings. The first-order chi connectivity index (χ1) is 8.19. The Morgan fingerprint density at radius 1 is 1.29 bits per heavy atom. The van der Waals surface area contributed by atoms with E-state index < -0.39 is 0 Å². The molecule has 0 bridgehead atoms. The summed E-state index contributed by atoms with van der Waals surface area (Å²) in [7, 11) is 0. The summed E-state index contributed by atoms with van der Waals surface area (Å²) in [5.74, 6) is 0.630. The number of hydrogen-bond donors (Lipinski definition) is 2. The monoisotopic (exact) mass is 244 g/mol. The van der Waals surface area contributed by atoms with E-state index in [1.54, 1.807) is 36.5 Å². The van der Waals surface area contributed by atoms with Gasteiger partial charge in [-0.25, -0.2) is 4.98 Å². The van der Waals surface area contributed by atoms with E-state index in [1.807, 2.05) is 6.07 Å². The third kappa shape index (κ3) is 2.65. The van der Waals surface area contributed by atoms with Crippen molar-refractivity contribution in [2.75, 3.05) is 11.1 Å². The molecule has 0 atom stereocenters. The van der Waals surface area contributed by atoms with Gasteiger partial charge in [-0.05, 0) is 24.3 Å². The van der Waals surface area contributed by atoms with Gasteiger partial charge in [0.25, 0.3) is 0 Å². The molecule has 1 aromatic heterocycles. The molecule has 0 saturated carbocycles. The molecule has 17 heavy (non-hydrogen) atoms. The molecular weight excluding hydrogens is 236 g/mol. The highest BCUT2D eigenvalue weighted by atomic mass is 35.5. The van der Waals surface area contributed by atoms with Gasteiger partial charge >= 0.3 is 0 Å². The zero-order valence-electron chi connectivity index (χ0n) is 8.81. The molecule has 4 nitrogen and oxygen atoms in total. The van der Waals surface area contributed by atoms with E-state index in [0.29, 0.717) is 22.1 Å². The number of halogens is 1. The van der Waals surface area contributed by atoms with Crippen LogP contribution in [0, 0.1) is 11.3 Å². The fourth-order valence-electron chi connectivity index (χ4n) is 1.35. The molecule has 0 aliphatic heterocycles. The average Bonchev–Trinajstić information content (AvgIpc) is 2.29. The highest BCUT2D eigenvalue weighted by Gasteiger charge is 2.02. The molecule has 0 saturated heterocycles. The van der Waals surface area contributed by atoms with Gasteiger partial charge in [0.1, 0.15) is 11.9 Å². The van der Waals surface area contributed by atoms with Crippen LogP contribution in [0.2, 0.25) is 5.02 Å². The second-order valence-electron chi connectivity index (χ2n) is 3.41. The van der Waals surface area contributed by atoms with Crippen molar-refractivity contribution in [2.24, 2.45) is 0 Å². The first-order valence-electron chi connectivity index (χ1n) is 4.87. The molecule has 0 aliphatic carbocycles. The highest BCUT2D eigenvalue weighted by molar-refractivity contribution is 6.32. The zero-order valence-corrected chi connectivity index (χ0v) is 9.57. The van der Waals surface area contributed by atoms with Crippen molar-refractivity contribution in [3.63, 3.8) is 0 Å². The minimum Gasteiger partial charge on any atom is -0.399 e. The van der Waals surface area contributed by atoms with Crippen LogP contribution >= 0.6 is 11.6 Å². The largest absolute Gasteiger partial charge is 0.399 e. The lowest BCUT2D eigenvalue weighted by Gasteiger charge is -2.06. The van der Waals surface area contributed by atoms with Crippen LogP contribution in [-0.2, 0) is 0 Å². The Kier molecular flexibility index (Phi) is 3.12. The lowest BCUT2D eigenvalue weighted by atomic mass is 10.2. The number of rotatable bonds is 2. The SMILES string of the molecule is N#Cc1ccc(Nc2cc(N)ccn2)cc1Cl. The summed E-state index contributed by atoms with van der Waals surface area (Å²) in [5, 5.41) is 12.2. The molecular formula is C12H9ClN4. The Hall–Kier alpha value is -2.25. The predicted octanol–water partition coefficient (Wildman–Crippen LogP) is 2.93. The van der Waals surface area contributed by atoms with Crippen molar-refractivity contribution >= 4 is 28.8 Å². The van der Waals surface area contributed by atoms with Crippen molar-refractivity contribution in [1.82, 2.24) is 4.98 Å². The smallest absolute Gasteiger partial charge is 0.132 e. The summed E-state index contributed by atoms with van der Waals surface area (Å²) in [6.45, 7) is 0. The van der Waals surface area contributed by atoms with Crippen molar-refractivity contribution in [3.05, 3.63) is 47.1 Å². The van der Waals surface area contributed by atoms with Crippen molar-refractivity contribution in [3.8, 4) is 6.07 Å². The summed E-state index contributed by atoms with van der Waals surface area (Å²) < 4.78 is 0. The standard InChI is InChI=1S/C12H9ClN4/c13-11-6-10(2-1-8(11)7-14)17-12-5-9(15)3-4-16-12/h1-6H,(H3,15,16,17). The van der Waals surface area contributed by atoms with E-state index in [0.717, 1.165) is 5.69 Å². The maximum Gasteiger partial charge on any atom is 0.132 e. The second-order valence-corrected chi connectivity index (χ2v) is 3.81. The summed E-state index contributed by atoms with van der Waals surface area (Å²) in [6.07, 6.45) is 1.61.